The third kappa shape index (κ3) is 17.0. The Morgan fingerprint density at radius 1 is 0.833 bits per heavy atom. The molecule has 0 aliphatic carbocycles. The smallest absolute Gasteiger partial charge is 0.246 e. The van der Waals surface area contributed by atoms with Crippen LogP contribution in [0.4, 0.5) is 0 Å². The van der Waals surface area contributed by atoms with E-state index in [9.17, 15) is 19.5 Å². The number of rotatable bonds is 30. The Balaban J connectivity index is 0.606. The van der Waals surface area contributed by atoms with E-state index in [1.807, 2.05) is 94.7 Å². The maximum absolute atomic E-state index is 14.0. The summed E-state index contributed by atoms with van der Waals surface area (Å²) in [6, 6.07) is 20.8. The van der Waals surface area contributed by atoms with Gasteiger partial charge in [0.1, 0.15) is 42.6 Å². The van der Waals surface area contributed by atoms with Crippen molar-refractivity contribution in [2.24, 2.45) is 5.41 Å². The molecule has 452 valence electrons. The first-order valence-electron chi connectivity index (χ1n) is 29.0. The van der Waals surface area contributed by atoms with Crippen LogP contribution in [-0.2, 0) is 64.0 Å². The molecule has 9 rings (SSSR count). The fourth-order valence-electron chi connectivity index (χ4n) is 10.5. The van der Waals surface area contributed by atoms with E-state index < -0.39 is 35.4 Å². The summed E-state index contributed by atoms with van der Waals surface area (Å²) >= 11 is 1.57. The number of hydrogen-bond acceptors (Lipinski definition) is 19. The van der Waals surface area contributed by atoms with E-state index in [2.05, 4.69) is 71.5 Å². The highest BCUT2D eigenvalue weighted by molar-refractivity contribution is 7.13. The molecule has 23 heteroatoms. The molecule has 5 N–H and O–H groups in total. The van der Waals surface area contributed by atoms with Gasteiger partial charge in [-0.05, 0) is 79.1 Å². The summed E-state index contributed by atoms with van der Waals surface area (Å²) in [5.41, 5.74) is 17.5. The van der Waals surface area contributed by atoms with Gasteiger partial charge in [0.15, 0.2) is 0 Å². The second-order valence-electron chi connectivity index (χ2n) is 22.4. The number of likely N-dealkylation sites (tertiary alicyclic amines) is 1. The van der Waals surface area contributed by atoms with Gasteiger partial charge in [-0.15, -0.1) is 16.9 Å². The highest BCUT2D eigenvalue weighted by atomic mass is 32.1. The minimum Gasteiger partial charge on any atom is -0.487 e. The van der Waals surface area contributed by atoms with E-state index in [1.54, 1.807) is 11.3 Å². The molecule has 6 aromatic rings. The highest BCUT2D eigenvalue weighted by Gasteiger charge is 2.44. The number of hydrazine groups is 2. The number of thiazole rings is 1. The van der Waals surface area contributed by atoms with E-state index in [-0.39, 0.29) is 45.2 Å². The van der Waals surface area contributed by atoms with Gasteiger partial charge >= 0.3 is 0 Å². The van der Waals surface area contributed by atoms with Gasteiger partial charge in [-0.2, -0.15) is 0 Å². The van der Waals surface area contributed by atoms with Crippen LogP contribution in [0.1, 0.15) is 61.3 Å². The molecule has 0 saturated carbocycles. The normalized spacial score (nSPS) is 17.0. The van der Waals surface area contributed by atoms with Crippen LogP contribution in [0.15, 0.2) is 88.7 Å². The van der Waals surface area contributed by atoms with Gasteiger partial charge in [0.05, 0.1) is 111 Å². The Labute approximate surface area is 495 Å². The van der Waals surface area contributed by atoms with Crippen molar-refractivity contribution in [3.05, 3.63) is 118 Å². The fraction of sp³-hybridized carbons (Fsp3) is 0.508. The van der Waals surface area contributed by atoms with Gasteiger partial charge in [-0.1, -0.05) is 68.4 Å². The summed E-state index contributed by atoms with van der Waals surface area (Å²) in [5.74, 6) is 1.36. The third-order valence-electron chi connectivity index (χ3n) is 15.1. The Morgan fingerprint density at radius 2 is 1.54 bits per heavy atom. The van der Waals surface area contributed by atoms with Crippen LogP contribution in [-0.4, -0.2) is 181 Å². The molecular weight excluding hydrogens is 1090 g/mol. The van der Waals surface area contributed by atoms with Gasteiger partial charge in [-0.3, -0.25) is 24.3 Å². The molecule has 0 bridgehead atoms. The molecule has 3 aliphatic heterocycles. The molecule has 22 nitrogen and oxygen atoms in total. The molecular formula is C61H81N11O11S. The summed E-state index contributed by atoms with van der Waals surface area (Å²) < 4.78 is 42.2. The number of carbonyl (C=O) groups is 3. The molecule has 0 spiro atoms. The number of ether oxygens (including phenoxy) is 6. The maximum Gasteiger partial charge on any atom is 0.246 e. The predicted molar refractivity (Wildman–Crippen MR) is 317 cm³/mol. The second-order valence-corrected chi connectivity index (χ2v) is 23.2. The van der Waals surface area contributed by atoms with E-state index in [4.69, 9.17) is 37.9 Å². The molecule has 3 amide bonds. The van der Waals surface area contributed by atoms with E-state index >= 15 is 0 Å². The van der Waals surface area contributed by atoms with E-state index in [0.717, 1.165) is 125 Å². The monoisotopic (exact) mass is 1180 g/mol. The van der Waals surface area contributed by atoms with Gasteiger partial charge in [-0.25, -0.2) is 9.97 Å². The van der Waals surface area contributed by atoms with Gasteiger partial charge < -0.3 is 63.6 Å². The van der Waals surface area contributed by atoms with Crippen LogP contribution in [0.2, 0.25) is 0 Å². The molecule has 84 heavy (non-hydrogen) atoms. The van der Waals surface area contributed by atoms with Crippen LogP contribution in [0.3, 0.4) is 0 Å². The first kappa shape index (κ1) is 61.8. The average molecular weight is 1180 g/mol. The molecule has 6 heterocycles. The minimum atomic E-state index is -0.965. The minimum absolute atomic E-state index is 0.0162. The Morgan fingerprint density at radius 3 is 2.23 bits per heavy atom. The van der Waals surface area contributed by atoms with Crippen LogP contribution in [0.5, 0.6) is 5.75 Å². The Kier molecular flexibility index (Phi) is 21.9. The van der Waals surface area contributed by atoms with E-state index in [1.165, 1.54) is 10.5 Å². The van der Waals surface area contributed by atoms with Crippen molar-refractivity contribution in [1.82, 2.24) is 56.1 Å². The number of β-amino-alcohol motifs (C(OH)–C–C–N with tert-alkyl or cyclic N) is 1. The largest absolute Gasteiger partial charge is 0.487 e. The number of amides is 3. The summed E-state index contributed by atoms with van der Waals surface area (Å²) in [6.07, 6.45) is 2.83. The maximum atomic E-state index is 14.0. The van der Waals surface area contributed by atoms with Crippen molar-refractivity contribution < 1.29 is 52.4 Å². The number of aliphatic hydroxyl groups is 1. The number of morpholine rings is 1. The molecule has 0 radical (unpaired) electrons. The highest BCUT2D eigenvalue weighted by Crippen LogP contribution is 2.32. The third-order valence-corrected chi connectivity index (χ3v) is 16.0. The SMILES string of the molecule is Cc1ncsc1-c1ccc(CNC(=O)[C@@H]2C[C@@H](O)CN2C(=O)[C@@H](NC(=O)COCCOCCOCCOCCN2C=C(COc3ccc(CCc4nc5cc(-c6c(C)noc6C)ccc5n4CCN4CCOCC4)cc3)NN2)C(C)(C)C)cc1. The zero-order valence-electron chi connectivity index (χ0n) is 49.2. The first-order chi connectivity index (χ1) is 40.7. The zero-order valence-corrected chi connectivity index (χ0v) is 50.0. The summed E-state index contributed by atoms with van der Waals surface area (Å²) in [5, 5.41) is 22.4. The summed E-state index contributed by atoms with van der Waals surface area (Å²) in [6.45, 7) is 20.0. The number of hydrogen-bond donors (Lipinski definition) is 5. The summed E-state index contributed by atoms with van der Waals surface area (Å²) in [4.78, 5) is 54.9. The number of carbonyl (C=O) groups excluding carboxylic acids is 3. The summed E-state index contributed by atoms with van der Waals surface area (Å²) in [7, 11) is 0. The van der Waals surface area contributed by atoms with Crippen molar-refractivity contribution >= 4 is 40.1 Å². The van der Waals surface area contributed by atoms with Crippen molar-refractivity contribution in [2.75, 3.05) is 105 Å². The van der Waals surface area contributed by atoms with Crippen molar-refractivity contribution in [1.29, 1.82) is 0 Å². The number of nitrogens with zero attached hydrogens (tertiary/aromatic N) is 7. The lowest BCUT2D eigenvalue weighted by Crippen LogP contribution is -2.58. The van der Waals surface area contributed by atoms with Crippen molar-refractivity contribution in [3.8, 4) is 27.3 Å². The first-order valence-corrected chi connectivity index (χ1v) is 29.8. The number of fused-ring (bicyclic) bond motifs is 1. The van der Waals surface area contributed by atoms with Crippen LogP contribution in [0, 0.1) is 26.2 Å². The zero-order chi connectivity index (χ0) is 59.0. The lowest BCUT2D eigenvalue weighted by atomic mass is 9.85. The Bertz CT molecular complexity index is 3110. The topological polar surface area (TPSA) is 241 Å². The fourth-order valence-corrected chi connectivity index (χ4v) is 11.3. The standard InChI is InChI=1S/C61H81N11O11S/c1-41-56(43(3)83-67-41)47-14-17-52-51(33-47)64-54(71(52)20-19-69-21-24-77-25-22-69)18-11-44-9-15-50(16-10-44)82-38-48-36-70(68-66-48)23-26-78-27-28-79-29-30-80-31-32-81-39-55(74)65-58(61(4,5)6)60(76)72-37-49(73)34-53(72)59(75)62-35-45-7-12-46(13-8-45)57-42(2)63-40-84-57/h7-10,12-17,33,36,40,49,53,58,66,68,73H,11,18-32,34-35,37-39H2,1-6H3,(H,62,75)(H,65,74)/t49-,53+,58-/m1/s1. The second kappa shape index (κ2) is 29.8. The molecule has 3 atom stereocenters. The quantitative estimate of drug-likeness (QED) is 0.0361. The van der Waals surface area contributed by atoms with Crippen molar-refractivity contribution in [3.63, 3.8) is 0 Å². The van der Waals surface area contributed by atoms with Gasteiger partial charge in [0, 0.05) is 63.9 Å². The number of aromatic nitrogens is 4. The van der Waals surface area contributed by atoms with Crippen LogP contribution in [0.25, 0.3) is 32.6 Å². The number of benzene rings is 3. The van der Waals surface area contributed by atoms with Crippen molar-refractivity contribution in [2.45, 2.75) is 92.1 Å². The molecule has 3 aromatic heterocycles. The number of imidazole rings is 1. The number of aryl methyl sites for hydroxylation is 5. The lowest BCUT2D eigenvalue weighted by Gasteiger charge is -2.35. The molecule has 3 aliphatic rings. The molecule has 2 saturated heterocycles. The van der Waals surface area contributed by atoms with Crippen LogP contribution < -0.4 is 26.3 Å². The Hall–Kier alpha value is -6.80. The predicted octanol–water partition coefficient (Wildman–Crippen LogP) is 5.28. The number of nitrogens with one attached hydrogen (secondary N) is 4. The van der Waals surface area contributed by atoms with Gasteiger partial charge in [0.25, 0.3) is 0 Å². The number of aliphatic hydroxyl groups excluding tert-OH is 1. The average Bonchev–Trinajstić information content (AvgIpc) is 4.45. The molecule has 2 fully saturated rings. The van der Waals surface area contributed by atoms with E-state index in [0.29, 0.717) is 46.2 Å². The lowest BCUT2D eigenvalue weighted by molar-refractivity contribution is -0.144. The van der Waals surface area contributed by atoms with Gasteiger partial charge in [0.2, 0.25) is 17.7 Å². The molecule has 3 aromatic carbocycles. The van der Waals surface area contributed by atoms with Crippen LogP contribution >= 0.6 is 11.3 Å². The molecule has 0 unspecified atom stereocenters.